The minimum atomic E-state index is -0.520. The Hall–Kier alpha value is -8.40. The number of pyridine rings is 2. The molecule has 0 atom stereocenters. The van der Waals surface area contributed by atoms with Gasteiger partial charge in [-0.05, 0) is 85.0 Å². The van der Waals surface area contributed by atoms with Crippen LogP contribution in [-0.4, -0.2) is 44.2 Å². The van der Waals surface area contributed by atoms with Crippen LogP contribution >= 0.6 is 0 Å². The van der Waals surface area contributed by atoms with E-state index in [0.717, 1.165) is 21.7 Å². The van der Waals surface area contributed by atoms with Crippen molar-refractivity contribution in [3.8, 4) is 0 Å². The Labute approximate surface area is 367 Å². The van der Waals surface area contributed by atoms with Crippen molar-refractivity contribution in [3.63, 3.8) is 0 Å². The van der Waals surface area contributed by atoms with Crippen LogP contribution in [0.5, 0.6) is 0 Å². The smallest absolute Gasteiger partial charge is 0.324 e. The summed E-state index contributed by atoms with van der Waals surface area (Å²) in [5.74, 6) is 0.955. The predicted octanol–water partition coefficient (Wildman–Crippen LogP) is 10.6. The average Bonchev–Trinajstić information content (AvgIpc) is 3.98. The van der Waals surface area contributed by atoms with E-state index in [1.807, 2.05) is 88.4 Å². The minimum Gasteiger partial charge on any atom is -0.359 e. The highest BCUT2D eigenvalue weighted by molar-refractivity contribution is 6.11. The molecule has 8 rings (SSSR count). The van der Waals surface area contributed by atoms with E-state index >= 15 is 0 Å². The van der Waals surface area contributed by atoms with Gasteiger partial charge in [0, 0.05) is 62.7 Å². The summed E-state index contributed by atoms with van der Waals surface area (Å²) in [7, 11) is 0. The Balaban J connectivity index is 0.782. The standard InChI is InChI=1S/C48H44N10O6/c1-47(2,38-27-40(57-63-38)55-45(61)52-33-18-14-31(15-19-33)50-43(59)37-22-13-30-10-6-8-12-36(30)54-37)24-25-48(3,4)39-28-41(58-64-39)56-46(62)53-34-20-16-32(17-21-34)51-44(60)42-35-11-7-5-9-29(35)23-26-49-42/h5-23,26-28H,24-25H2,1-4H3,(H,50,59)(H,51,60)(H2,52,55,57,61)(H2,53,56,58,62). The minimum absolute atomic E-state index is 0.243. The second-order valence-electron chi connectivity index (χ2n) is 16.4. The average molecular weight is 857 g/mol. The first-order valence-electron chi connectivity index (χ1n) is 20.4. The summed E-state index contributed by atoms with van der Waals surface area (Å²) in [6.07, 6.45) is 2.91. The number of carbonyl (C=O) groups excluding carboxylic acids is 4. The molecular weight excluding hydrogens is 813 g/mol. The number of amides is 6. The van der Waals surface area contributed by atoms with Crippen molar-refractivity contribution in [1.29, 1.82) is 0 Å². The molecule has 0 saturated carbocycles. The topological polar surface area (TPSA) is 218 Å². The fourth-order valence-electron chi connectivity index (χ4n) is 6.89. The van der Waals surface area contributed by atoms with Crippen molar-refractivity contribution < 1.29 is 28.2 Å². The van der Waals surface area contributed by atoms with E-state index in [1.165, 1.54) is 0 Å². The molecule has 4 aromatic heterocycles. The summed E-state index contributed by atoms with van der Waals surface area (Å²) < 4.78 is 11.3. The van der Waals surface area contributed by atoms with Gasteiger partial charge < -0.3 is 30.3 Å². The van der Waals surface area contributed by atoms with Gasteiger partial charge in [-0.2, -0.15) is 0 Å². The van der Waals surface area contributed by atoms with Gasteiger partial charge in [0.1, 0.15) is 22.9 Å². The maximum Gasteiger partial charge on any atom is 0.324 e. The van der Waals surface area contributed by atoms with Gasteiger partial charge in [0.2, 0.25) is 0 Å². The van der Waals surface area contributed by atoms with Crippen LogP contribution in [-0.2, 0) is 10.8 Å². The highest BCUT2D eigenvalue weighted by Gasteiger charge is 2.33. The zero-order valence-electron chi connectivity index (χ0n) is 35.4. The number of nitrogens with one attached hydrogen (secondary N) is 6. The summed E-state index contributed by atoms with van der Waals surface area (Å²) in [6, 6.07) is 36.2. The Kier molecular flexibility index (Phi) is 11.8. The number of nitrogens with zero attached hydrogens (tertiary/aromatic N) is 4. The second kappa shape index (κ2) is 17.9. The molecule has 0 aliphatic heterocycles. The Morgan fingerprint density at radius 3 is 1.56 bits per heavy atom. The number of benzene rings is 4. The number of urea groups is 2. The van der Waals surface area contributed by atoms with Gasteiger partial charge in [0.15, 0.2) is 11.6 Å². The summed E-state index contributed by atoms with van der Waals surface area (Å²) in [5.41, 5.74) is 2.48. The molecule has 16 nitrogen and oxygen atoms in total. The molecule has 64 heavy (non-hydrogen) atoms. The Morgan fingerprint density at radius 1 is 0.516 bits per heavy atom. The number of aromatic nitrogens is 4. The number of para-hydroxylation sites is 1. The molecular formula is C48H44N10O6. The fourth-order valence-corrected chi connectivity index (χ4v) is 6.89. The first-order chi connectivity index (χ1) is 30.8. The highest BCUT2D eigenvalue weighted by atomic mass is 16.5. The normalized spacial score (nSPS) is 11.5. The summed E-state index contributed by atoms with van der Waals surface area (Å²) in [5, 5.41) is 27.4. The fraction of sp³-hybridized carbons (Fsp3) is 0.167. The molecule has 4 aromatic carbocycles. The van der Waals surface area contributed by atoms with Gasteiger partial charge in [-0.25, -0.2) is 14.6 Å². The van der Waals surface area contributed by atoms with Crippen LogP contribution in [0.25, 0.3) is 21.7 Å². The predicted molar refractivity (Wildman–Crippen MR) is 246 cm³/mol. The van der Waals surface area contributed by atoms with Crippen LogP contribution in [0.2, 0.25) is 0 Å². The Bertz CT molecular complexity index is 2990. The molecule has 6 N–H and O–H groups in total. The summed E-state index contributed by atoms with van der Waals surface area (Å²) in [4.78, 5) is 60.2. The molecule has 0 bridgehead atoms. The largest absolute Gasteiger partial charge is 0.359 e. The van der Waals surface area contributed by atoms with Crippen LogP contribution in [0.4, 0.5) is 44.0 Å². The van der Waals surface area contributed by atoms with E-state index in [0.29, 0.717) is 58.5 Å². The summed E-state index contributed by atoms with van der Waals surface area (Å²) >= 11 is 0. The van der Waals surface area contributed by atoms with E-state index in [1.54, 1.807) is 72.9 Å². The molecule has 0 aliphatic carbocycles. The van der Waals surface area contributed by atoms with Crippen LogP contribution < -0.4 is 31.9 Å². The SMILES string of the molecule is CC(C)(CCC(C)(C)c1cc(NC(=O)Nc2ccc(NC(=O)c3nccc4ccccc34)cc2)no1)c1cc(NC(=O)Nc2ccc(NC(=O)c3ccc4ccccc4n3)cc2)no1. The van der Waals surface area contributed by atoms with E-state index in [-0.39, 0.29) is 23.5 Å². The number of hydrogen-bond acceptors (Lipinski definition) is 10. The van der Waals surface area contributed by atoms with E-state index < -0.39 is 22.9 Å². The second-order valence-corrected chi connectivity index (χ2v) is 16.4. The van der Waals surface area contributed by atoms with Crippen molar-refractivity contribution in [2.24, 2.45) is 0 Å². The molecule has 0 spiro atoms. The zero-order valence-corrected chi connectivity index (χ0v) is 35.4. The molecule has 4 heterocycles. The molecule has 0 radical (unpaired) electrons. The van der Waals surface area contributed by atoms with Crippen molar-refractivity contribution in [3.05, 3.63) is 156 Å². The van der Waals surface area contributed by atoms with Crippen molar-refractivity contribution >= 4 is 79.9 Å². The summed E-state index contributed by atoms with van der Waals surface area (Å²) in [6.45, 7) is 8.07. The van der Waals surface area contributed by atoms with Crippen molar-refractivity contribution in [2.75, 3.05) is 31.9 Å². The van der Waals surface area contributed by atoms with Crippen LogP contribution in [0.3, 0.4) is 0 Å². The lowest BCUT2D eigenvalue weighted by atomic mass is 9.76. The van der Waals surface area contributed by atoms with Crippen molar-refractivity contribution in [2.45, 2.75) is 51.4 Å². The van der Waals surface area contributed by atoms with Gasteiger partial charge in [0.05, 0.1) is 5.52 Å². The molecule has 0 saturated heterocycles. The quantitative estimate of drug-likeness (QED) is 0.0644. The maximum absolute atomic E-state index is 13.0. The number of anilines is 6. The zero-order chi connectivity index (χ0) is 44.8. The third-order valence-corrected chi connectivity index (χ3v) is 10.7. The van der Waals surface area contributed by atoms with Gasteiger partial charge in [-0.1, -0.05) is 86.5 Å². The lowest BCUT2D eigenvalue weighted by molar-refractivity contribution is 0.101. The van der Waals surface area contributed by atoms with E-state index in [4.69, 9.17) is 9.05 Å². The van der Waals surface area contributed by atoms with Crippen LogP contribution in [0, 0.1) is 0 Å². The third kappa shape index (κ3) is 10.0. The maximum atomic E-state index is 13.0. The first-order valence-corrected chi connectivity index (χ1v) is 20.4. The Morgan fingerprint density at radius 2 is 1.00 bits per heavy atom. The molecule has 0 fully saturated rings. The lowest BCUT2D eigenvalue weighted by Crippen LogP contribution is -2.24. The van der Waals surface area contributed by atoms with Crippen LogP contribution in [0.1, 0.15) is 73.0 Å². The van der Waals surface area contributed by atoms with Gasteiger partial charge >= 0.3 is 12.1 Å². The lowest BCUT2D eigenvalue weighted by Gasteiger charge is -2.27. The first kappa shape index (κ1) is 42.3. The molecule has 0 aliphatic rings. The van der Waals surface area contributed by atoms with Crippen molar-refractivity contribution in [1.82, 2.24) is 20.3 Å². The molecule has 16 heteroatoms. The monoisotopic (exact) mass is 856 g/mol. The number of hydrogen-bond donors (Lipinski definition) is 6. The number of rotatable bonds is 13. The third-order valence-electron chi connectivity index (χ3n) is 10.7. The van der Waals surface area contributed by atoms with Crippen LogP contribution in [0.15, 0.2) is 143 Å². The van der Waals surface area contributed by atoms with E-state index in [9.17, 15) is 19.2 Å². The molecule has 6 amide bonds. The van der Waals surface area contributed by atoms with E-state index in [2.05, 4.69) is 52.2 Å². The highest BCUT2D eigenvalue weighted by Crippen LogP contribution is 2.37. The van der Waals surface area contributed by atoms with Gasteiger partial charge in [-0.3, -0.25) is 25.2 Å². The molecule has 8 aromatic rings. The number of carbonyl (C=O) groups is 4. The van der Waals surface area contributed by atoms with Gasteiger partial charge in [-0.15, -0.1) is 0 Å². The molecule has 322 valence electrons. The van der Waals surface area contributed by atoms with Gasteiger partial charge in [0.25, 0.3) is 11.8 Å². The number of fused-ring (bicyclic) bond motifs is 2. The molecule has 0 unspecified atom stereocenters.